The number of nitrogens with one attached hydrogen (secondary N) is 1. The minimum Gasteiger partial charge on any atom is -0.358 e. The number of nitrogens with zero attached hydrogens (tertiary/aromatic N) is 2. The van der Waals surface area contributed by atoms with Crippen LogP contribution in [-0.2, 0) is 0 Å². The van der Waals surface area contributed by atoms with Crippen LogP contribution in [0.4, 0.5) is 5.82 Å². The number of hydrogen-bond donors (Lipinski definition) is 1. The molecule has 1 heterocycles. The molecule has 0 fully saturated rings. The van der Waals surface area contributed by atoms with Gasteiger partial charge in [-0.2, -0.15) is 0 Å². The van der Waals surface area contributed by atoms with Gasteiger partial charge in [0.15, 0.2) is 6.20 Å². The number of pyridine rings is 1. The molecule has 0 bridgehead atoms. The SMILES string of the molecule is CCNC(=O)c1cnc([N+](=O)[O-])cc1C. The van der Waals surface area contributed by atoms with E-state index in [-0.39, 0.29) is 11.7 Å². The van der Waals surface area contributed by atoms with Crippen molar-refractivity contribution in [2.45, 2.75) is 13.8 Å². The van der Waals surface area contributed by atoms with Gasteiger partial charge < -0.3 is 15.4 Å². The Morgan fingerprint density at radius 2 is 2.33 bits per heavy atom. The van der Waals surface area contributed by atoms with Crippen molar-refractivity contribution in [1.82, 2.24) is 10.3 Å². The summed E-state index contributed by atoms with van der Waals surface area (Å²) in [5.74, 6) is -0.516. The zero-order valence-corrected chi connectivity index (χ0v) is 8.48. The summed E-state index contributed by atoms with van der Waals surface area (Å²) in [7, 11) is 0. The summed E-state index contributed by atoms with van der Waals surface area (Å²) >= 11 is 0. The third-order valence-electron chi connectivity index (χ3n) is 1.87. The molecule has 1 aromatic rings. The van der Waals surface area contributed by atoms with Crippen LogP contribution in [0.25, 0.3) is 0 Å². The average molecular weight is 209 g/mol. The highest BCUT2D eigenvalue weighted by Gasteiger charge is 2.15. The highest BCUT2D eigenvalue weighted by Crippen LogP contribution is 2.13. The van der Waals surface area contributed by atoms with Gasteiger partial charge in [0.2, 0.25) is 0 Å². The van der Waals surface area contributed by atoms with E-state index in [0.717, 1.165) is 0 Å². The lowest BCUT2D eigenvalue weighted by molar-refractivity contribution is -0.389. The van der Waals surface area contributed by atoms with Crippen LogP contribution >= 0.6 is 0 Å². The molecule has 0 atom stereocenters. The van der Waals surface area contributed by atoms with Crippen molar-refractivity contribution in [2.24, 2.45) is 0 Å². The third-order valence-corrected chi connectivity index (χ3v) is 1.87. The first-order valence-corrected chi connectivity index (χ1v) is 4.45. The Labute approximate surface area is 86.5 Å². The minimum atomic E-state index is -0.589. The maximum absolute atomic E-state index is 11.4. The van der Waals surface area contributed by atoms with Crippen LogP contribution in [0.5, 0.6) is 0 Å². The lowest BCUT2D eigenvalue weighted by Gasteiger charge is -2.03. The zero-order valence-electron chi connectivity index (χ0n) is 8.48. The molecule has 1 amide bonds. The number of carbonyl (C=O) groups excluding carboxylic acids is 1. The molecule has 1 N–H and O–H groups in total. The number of amides is 1. The van der Waals surface area contributed by atoms with Gasteiger partial charge in [0.05, 0.1) is 5.56 Å². The van der Waals surface area contributed by atoms with Crippen LogP contribution in [-0.4, -0.2) is 22.4 Å². The number of rotatable bonds is 3. The zero-order chi connectivity index (χ0) is 11.4. The van der Waals surface area contributed by atoms with Crippen molar-refractivity contribution in [1.29, 1.82) is 0 Å². The van der Waals surface area contributed by atoms with Gasteiger partial charge in [-0.15, -0.1) is 0 Å². The van der Waals surface area contributed by atoms with Crippen molar-refractivity contribution in [3.05, 3.63) is 33.5 Å². The van der Waals surface area contributed by atoms with E-state index in [1.54, 1.807) is 13.8 Å². The van der Waals surface area contributed by atoms with Crippen LogP contribution in [0.2, 0.25) is 0 Å². The molecule has 15 heavy (non-hydrogen) atoms. The standard InChI is InChI=1S/C9H11N3O3/c1-3-10-9(13)7-5-11-8(12(14)15)4-6(7)2/h4-5H,3H2,1-2H3,(H,10,13). The van der Waals surface area contributed by atoms with E-state index in [1.165, 1.54) is 12.3 Å². The summed E-state index contributed by atoms with van der Waals surface area (Å²) in [6.07, 6.45) is 1.22. The first-order chi connectivity index (χ1) is 7.06. The molecular formula is C9H11N3O3. The molecule has 1 aromatic heterocycles. The first kappa shape index (κ1) is 11.1. The largest absolute Gasteiger partial charge is 0.363 e. The Morgan fingerprint density at radius 3 is 2.80 bits per heavy atom. The molecule has 0 saturated heterocycles. The smallest absolute Gasteiger partial charge is 0.358 e. The van der Waals surface area contributed by atoms with Crippen molar-refractivity contribution in [3.8, 4) is 0 Å². The molecule has 0 spiro atoms. The molecule has 0 aliphatic heterocycles. The third kappa shape index (κ3) is 2.49. The summed E-state index contributed by atoms with van der Waals surface area (Å²) in [5.41, 5.74) is 0.908. The molecule has 6 nitrogen and oxygen atoms in total. The van der Waals surface area contributed by atoms with Crippen molar-refractivity contribution < 1.29 is 9.72 Å². The molecular weight excluding hydrogens is 198 g/mol. The summed E-state index contributed by atoms with van der Waals surface area (Å²) < 4.78 is 0. The van der Waals surface area contributed by atoms with E-state index in [2.05, 4.69) is 10.3 Å². The van der Waals surface area contributed by atoms with Crippen molar-refractivity contribution in [3.63, 3.8) is 0 Å². The van der Waals surface area contributed by atoms with E-state index in [0.29, 0.717) is 17.7 Å². The highest BCUT2D eigenvalue weighted by atomic mass is 16.6. The van der Waals surface area contributed by atoms with Crippen LogP contribution in [0.1, 0.15) is 22.8 Å². The normalized spacial score (nSPS) is 9.73. The summed E-state index contributed by atoms with van der Waals surface area (Å²) in [4.78, 5) is 24.8. The summed E-state index contributed by atoms with van der Waals surface area (Å²) in [5, 5.41) is 13.0. The maximum Gasteiger partial charge on any atom is 0.363 e. The van der Waals surface area contributed by atoms with Gasteiger partial charge in [-0.1, -0.05) is 0 Å². The van der Waals surface area contributed by atoms with E-state index in [4.69, 9.17) is 0 Å². The van der Waals surface area contributed by atoms with Gasteiger partial charge in [0.1, 0.15) is 0 Å². The second kappa shape index (κ2) is 4.50. The molecule has 0 saturated carbocycles. The van der Waals surface area contributed by atoms with Gasteiger partial charge in [-0.3, -0.25) is 4.79 Å². The minimum absolute atomic E-state index is 0.249. The van der Waals surface area contributed by atoms with Crippen molar-refractivity contribution in [2.75, 3.05) is 6.54 Å². The van der Waals surface area contributed by atoms with E-state index in [1.807, 2.05) is 0 Å². The van der Waals surface area contributed by atoms with Crippen LogP contribution in [0.15, 0.2) is 12.3 Å². The Balaban J connectivity index is 3.03. The fourth-order valence-corrected chi connectivity index (χ4v) is 1.13. The van der Waals surface area contributed by atoms with Gasteiger partial charge in [-0.05, 0) is 29.3 Å². The number of aromatic nitrogens is 1. The maximum atomic E-state index is 11.4. The van der Waals surface area contributed by atoms with Gasteiger partial charge in [-0.25, -0.2) is 0 Å². The fourth-order valence-electron chi connectivity index (χ4n) is 1.13. The molecule has 0 aliphatic rings. The molecule has 80 valence electrons. The highest BCUT2D eigenvalue weighted by molar-refractivity contribution is 5.95. The van der Waals surface area contributed by atoms with Gasteiger partial charge in [0, 0.05) is 12.6 Å². The Hall–Kier alpha value is -1.98. The van der Waals surface area contributed by atoms with Crippen molar-refractivity contribution >= 4 is 11.7 Å². The lowest BCUT2D eigenvalue weighted by atomic mass is 10.1. The first-order valence-electron chi connectivity index (χ1n) is 4.45. The second-order valence-corrected chi connectivity index (χ2v) is 2.97. The second-order valence-electron chi connectivity index (χ2n) is 2.97. The van der Waals surface area contributed by atoms with E-state index in [9.17, 15) is 14.9 Å². The van der Waals surface area contributed by atoms with Gasteiger partial charge in [0.25, 0.3) is 5.91 Å². The van der Waals surface area contributed by atoms with Crippen LogP contribution in [0, 0.1) is 17.0 Å². The number of hydrogen-bond acceptors (Lipinski definition) is 4. The number of carbonyl (C=O) groups is 1. The summed E-state index contributed by atoms with van der Waals surface area (Å²) in [6, 6.07) is 1.28. The Kier molecular flexibility index (Phi) is 3.33. The number of aryl methyl sites for hydroxylation is 1. The quantitative estimate of drug-likeness (QED) is 0.595. The van der Waals surface area contributed by atoms with Crippen LogP contribution in [0.3, 0.4) is 0 Å². The Morgan fingerprint density at radius 1 is 1.67 bits per heavy atom. The molecule has 0 unspecified atom stereocenters. The molecule has 6 heteroatoms. The Bertz CT molecular complexity index is 404. The lowest BCUT2D eigenvalue weighted by Crippen LogP contribution is -2.23. The van der Waals surface area contributed by atoms with E-state index >= 15 is 0 Å². The summed E-state index contributed by atoms with van der Waals surface area (Å²) in [6.45, 7) is 3.95. The monoisotopic (exact) mass is 209 g/mol. The molecule has 0 aromatic carbocycles. The molecule has 1 rings (SSSR count). The molecule has 0 radical (unpaired) electrons. The van der Waals surface area contributed by atoms with Crippen LogP contribution < -0.4 is 5.32 Å². The van der Waals surface area contributed by atoms with E-state index < -0.39 is 4.92 Å². The average Bonchev–Trinajstić information content (AvgIpc) is 2.17. The predicted molar refractivity (Wildman–Crippen MR) is 53.6 cm³/mol. The number of nitro groups is 1. The topological polar surface area (TPSA) is 85.1 Å². The molecule has 0 aliphatic carbocycles. The predicted octanol–water partition coefficient (Wildman–Crippen LogP) is 1.05. The van der Waals surface area contributed by atoms with Gasteiger partial charge >= 0.3 is 5.82 Å². The fraction of sp³-hybridized carbons (Fsp3) is 0.333.